The third-order valence-corrected chi connectivity index (χ3v) is 5.19. The average molecular weight is 430 g/mol. The maximum Gasteiger partial charge on any atom is 0.276 e. The first-order chi connectivity index (χ1) is 15.4. The van der Waals surface area contributed by atoms with Gasteiger partial charge in [0.1, 0.15) is 5.75 Å². The van der Waals surface area contributed by atoms with Crippen molar-refractivity contribution in [2.45, 2.75) is 41.0 Å². The molecule has 0 spiro atoms. The number of amides is 1. The first kappa shape index (κ1) is 21.4. The molecule has 2 heterocycles. The minimum absolute atomic E-state index is 0.232. The highest BCUT2D eigenvalue weighted by molar-refractivity contribution is 6.02. The van der Waals surface area contributed by atoms with Gasteiger partial charge >= 0.3 is 0 Å². The van der Waals surface area contributed by atoms with Crippen molar-refractivity contribution in [3.63, 3.8) is 0 Å². The number of nitrogens with one attached hydrogen (secondary N) is 1. The van der Waals surface area contributed by atoms with Crippen LogP contribution in [0.2, 0.25) is 0 Å². The van der Waals surface area contributed by atoms with Gasteiger partial charge in [0.05, 0.1) is 12.2 Å². The summed E-state index contributed by atoms with van der Waals surface area (Å²) < 4.78 is 9.42. The second kappa shape index (κ2) is 9.09. The fourth-order valence-corrected chi connectivity index (χ4v) is 3.50. The number of benzene rings is 2. The second-order valence-electron chi connectivity index (χ2n) is 8.02. The molecule has 0 radical (unpaired) electrons. The molecular weight excluding hydrogens is 402 g/mol. The summed E-state index contributed by atoms with van der Waals surface area (Å²) in [4.78, 5) is 12.7. The molecule has 0 bridgehead atoms. The number of hydrogen-bond acceptors (Lipinski definition) is 4. The number of hydrogen-bond donors (Lipinski definition) is 1. The van der Waals surface area contributed by atoms with Gasteiger partial charge in [0, 0.05) is 17.6 Å². The molecule has 1 N–H and O–H groups in total. The van der Waals surface area contributed by atoms with E-state index in [1.54, 1.807) is 16.9 Å². The van der Waals surface area contributed by atoms with E-state index in [0.29, 0.717) is 12.2 Å². The Morgan fingerprint density at radius 2 is 1.84 bits per heavy atom. The summed E-state index contributed by atoms with van der Waals surface area (Å²) in [7, 11) is 0. The summed E-state index contributed by atoms with van der Waals surface area (Å²) >= 11 is 0. The lowest BCUT2D eigenvalue weighted by molar-refractivity contribution is 0.102. The maximum atomic E-state index is 12.7. The predicted octanol–water partition coefficient (Wildman–Crippen LogP) is 4.65. The number of ether oxygens (including phenoxy) is 1. The van der Waals surface area contributed by atoms with Gasteiger partial charge in [-0.15, -0.1) is 0 Å². The van der Waals surface area contributed by atoms with E-state index in [0.717, 1.165) is 39.5 Å². The van der Waals surface area contributed by atoms with Crippen molar-refractivity contribution in [3.05, 3.63) is 94.6 Å². The van der Waals surface area contributed by atoms with Crippen molar-refractivity contribution in [2.24, 2.45) is 0 Å². The molecule has 0 fully saturated rings. The lowest BCUT2D eigenvalue weighted by Gasteiger charge is -2.10. The molecule has 0 unspecified atom stereocenters. The molecular formula is C25H27N5O2. The van der Waals surface area contributed by atoms with Gasteiger partial charge < -0.3 is 10.1 Å². The predicted molar refractivity (Wildman–Crippen MR) is 124 cm³/mol. The average Bonchev–Trinajstić information content (AvgIpc) is 3.35. The molecule has 1 amide bonds. The molecule has 2 aromatic carbocycles. The van der Waals surface area contributed by atoms with Crippen LogP contribution in [0.4, 0.5) is 5.69 Å². The zero-order chi connectivity index (χ0) is 22.7. The molecule has 7 heteroatoms. The third-order valence-electron chi connectivity index (χ3n) is 5.19. The van der Waals surface area contributed by atoms with Crippen LogP contribution in [0.15, 0.2) is 60.8 Å². The van der Waals surface area contributed by atoms with Crippen LogP contribution in [0.5, 0.6) is 5.75 Å². The Morgan fingerprint density at radius 3 is 2.62 bits per heavy atom. The van der Waals surface area contributed by atoms with Gasteiger partial charge in [-0.1, -0.05) is 24.3 Å². The topological polar surface area (TPSA) is 74.0 Å². The third kappa shape index (κ3) is 5.06. The number of nitrogens with zero attached hydrogens (tertiary/aromatic N) is 4. The van der Waals surface area contributed by atoms with Crippen LogP contribution in [0.25, 0.3) is 0 Å². The lowest BCUT2D eigenvalue weighted by Crippen LogP contribution is -2.14. The quantitative estimate of drug-likeness (QED) is 0.464. The second-order valence-corrected chi connectivity index (χ2v) is 8.02. The highest BCUT2D eigenvalue weighted by Gasteiger charge is 2.11. The zero-order valence-corrected chi connectivity index (χ0v) is 18.8. The minimum Gasteiger partial charge on any atom is -0.471 e. The van der Waals surface area contributed by atoms with Gasteiger partial charge in [-0.3, -0.25) is 9.48 Å². The van der Waals surface area contributed by atoms with E-state index in [-0.39, 0.29) is 12.6 Å². The Bertz CT molecular complexity index is 1250. The normalized spacial score (nSPS) is 10.9. The van der Waals surface area contributed by atoms with E-state index < -0.39 is 0 Å². The standard InChI is InChI=1S/C25H27N5O2/c1-17-8-9-18(2)24(12-17)32-16-29-11-10-23(28-29)25(31)26-22-7-5-6-21(14-22)15-30-20(4)13-19(3)27-30/h5-14H,15-16H2,1-4H3,(H,26,31). The molecule has 0 aliphatic rings. The number of carbonyl (C=O) groups excluding carboxylic acids is 1. The summed E-state index contributed by atoms with van der Waals surface area (Å²) in [5.74, 6) is 0.546. The van der Waals surface area contributed by atoms with Gasteiger partial charge in [0.2, 0.25) is 0 Å². The Kier molecular flexibility index (Phi) is 6.07. The fraction of sp³-hybridized carbons (Fsp3) is 0.240. The maximum absolute atomic E-state index is 12.7. The molecule has 4 rings (SSSR count). The van der Waals surface area contributed by atoms with Crippen LogP contribution in [0, 0.1) is 27.7 Å². The molecule has 164 valence electrons. The van der Waals surface area contributed by atoms with Crippen molar-refractivity contribution in [3.8, 4) is 5.75 Å². The van der Waals surface area contributed by atoms with Gasteiger partial charge in [-0.25, -0.2) is 4.68 Å². The SMILES string of the molecule is Cc1ccc(C)c(OCn2ccc(C(=O)Nc3cccc(Cn4nc(C)cc4C)c3)n2)c1. The van der Waals surface area contributed by atoms with Crippen LogP contribution in [-0.4, -0.2) is 25.5 Å². The van der Waals surface area contributed by atoms with E-state index in [2.05, 4.69) is 15.5 Å². The zero-order valence-electron chi connectivity index (χ0n) is 18.8. The van der Waals surface area contributed by atoms with Crippen LogP contribution in [-0.2, 0) is 13.3 Å². The highest BCUT2D eigenvalue weighted by Crippen LogP contribution is 2.19. The molecule has 7 nitrogen and oxygen atoms in total. The van der Waals surface area contributed by atoms with Crippen LogP contribution < -0.4 is 10.1 Å². The molecule has 4 aromatic rings. The van der Waals surface area contributed by atoms with E-state index in [4.69, 9.17) is 4.74 Å². The smallest absolute Gasteiger partial charge is 0.276 e. The fourth-order valence-electron chi connectivity index (χ4n) is 3.50. The van der Waals surface area contributed by atoms with Crippen molar-refractivity contribution >= 4 is 11.6 Å². The number of aryl methyl sites for hydroxylation is 4. The molecule has 0 atom stereocenters. The number of rotatable bonds is 7. The molecule has 0 aliphatic heterocycles. The molecule has 0 saturated heterocycles. The van der Waals surface area contributed by atoms with Gasteiger partial charge in [-0.2, -0.15) is 10.2 Å². The van der Waals surface area contributed by atoms with Crippen LogP contribution in [0.3, 0.4) is 0 Å². The summed E-state index contributed by atoms with van der Waals surface area (Å²) in [6.07, 6.45) is 1.74. The monoisotopic (exact) mass is 429 g/mol. The number of carbonyl (C=O) groups is 1. The van der Waals surface area contributed by atoms with Crippen molar-refractivity contribution < 1.29 is 9.53 Å². The van der Waals surface area contributed by atoms with Gasteiger partial charge in [0.15, 0.2) is 12.4 Å². The first-order valence-corrected chi connectivity index (χ1v) is 10.5. The van der Waals surface area contributed by atoms with Gasteiger partial charge in [0.25, 0.3) is 5.91 Å². The summed E-state index contributed by atoms with van der Waals surface area (Å²) in [6, 6.07) is 17.6. The van der Waals surface area contributed by atoms with Crippen molar-refractivity contribution in [2.75, 3.05) is 5.32 Å². The summed E-state index contributed by atoms with van der Waals surface area (Å²) in [5.41, 5.74) is 6.39. The lowest BCUT2D eigenvalue weighted by atomic mass is 10.1. The molecule has 0 saturated carbocycles. The Balaban J connectivity index is 1.38. The van der Waals surface area contributed by atoms with E-state index in [1.165, 1.54) is 0 Å². The number of anilines is 1. The van der Waals surface area contributed by atoms with Crippen molar-refractivity contribution in [1.82, 2.24) is 19.6 Å². The Hall–Kier alpha value is -3.87. The summed E-state index contributed by atoms with van der Waals surface area (Å²) in [6.45, 7) is 8.91. The molecule has 2 aromatic heterocycles. The van der Waals surface area contributed by atoms with Crippen molar-refractivity contribution in [1.29, 1.82) is 0 Å². The first-order valence-electron chi connectivity index (χ1n) is 10.5. The largest absolute Gasteiger partial charge is 0.471 e. The van der Waals surface area contributed by atoms with Crippen LogP contribution in [0.1, 0.15) is 38.6 Å². The number of aromatic nitrogens is 4. The minimum atomic E-state index is -0.265. The van der Waals surface area contributed by atoms with E-state index >= 15 is 0 Å². The van der Waals surface area contributed by atoms with Crippen LogP contribution >= 0.6 is 0 Å². The summed E-state index contributed by atoms with van der Waals surface area (Å²) in [5, 5.41) is 11.8. The highest BCUT2D eigenvalue weighted by atomic mass is 16.5. The van der Waals surface area contributed by atoms with Gasteiger partial charge in [-0.05, 0) is 74.7 Å². The van der Waals surface area contributed by atoms with E-state index in [9.17, 15) is 4.79 Å². The Morgan fingerprint density at radius 1 is 1.00 bits per heavy atom. The van der Waals surface area contributed by atoms with E-state index in [1.807, 2.05) is 80.9 Å². The Labute approximate surface area is 187 Å². The molecule has 32 heavy (non-hydrogen) atoms. The molecule has 0 aliphatic carbocycles.